The van der Waals surface area contributed by atoms with Crippen molar-refractivity contribution in [3.05, 3.63) is 12.2 Å². The summed E-state index contributed by atoms with van der Waals surface area (Å²) in [6, 6.07) is 0. The summed E-state index contributed by atoms with van der Waals surface area (Å²) in [6.45, 7) is 5.91. The summed E-state index contributed by atoms with van der Waals surface area (Å²) in [4.78, 5) is 0. The highest BCUT2D eigenvalue weighted by molar-refractivity contribution is 4.88. The molecular formula is C7H14O. The molecule has 0 rings (SSSR count). The zero-order valence-electron chi connectivity index (χ0n) is 5.76. The van der Waals surface area contributed by atoms with Gasteiger partial charge in [-0.25, -0.2) is 0 Å². The maximum Gasteiger partial charge on any atom is 0.0692 e. The van der Waals surface area contributed by atoms with Crippen molar-refractivity contribution in [1.29, 1.82) is 0 Å². The van der Waals surface area contributed by atoms with E-state index in [1.165, 1.54) is 0 Å². The normalized spacial score (nSPS) is 15.6. The molecule has 0 aromatic heterocycles. The average molecular weight is 114 g/mol. The van der Waals surface area contributed by atoms with Crippen LogP contribution in [0.2, 0.25) is 0 Å². The van der Waals surface area contributed by atoms with Crippen LogP contribution in [0.4, 0.5) is 0 Å². The van der Waals surface area contributed by atoms with Crippen LogP contribution < -0.4 is 0 Å². The maximum atomic E-state index is 8.71. The summed E-state index contributed by atoms with van der Waals surface area (Å²) in [6.07, 6.45) is 3.49. The molecule has 0 aromatic carbocycles. The van der Waals surface area contributed by atoms with Crippen molar-refractivity contribution < 1.29 is 5.11 Å². The zero-order valence-corrected chi connectivity index (χ0v) is 5.76. The molecule has 1 atom stereocenters. The molecule has 0 aliphatic carbocycles. The SMILES string of the molecule is CC(C)/C=C\[C@@H](C)O. The number of hydrogen-bond donors (Lipinski definition) is 1. The fraction of sp³-hybridized carbons (Fsp3) is 0.714. The van der Waals surface area contributed by atoms with Crippen molar-refractivity contribution in [2.45, 2.75) is 26.9 Å². The van der Waals surface area contributed by atoms with Gasteiger partial charge < -0.3 is 5.11 Å². The summed E-state index contributed by atoms with van der Waals surface area (Å²) in [7, 11) is 0. The highest BCUT2D eigenvalue weighted by Crippen LogP contribution is 1.94. The largest absolute Gasteiger partial charge is 0.389 e. The summed E-state index contributed by atoms with van der Waals surface area (Å²) < 4.78 is 0. The molecule has 0 aromatic rings. The van der Waals surface area contributed by atoms with Gasteiger partial charge in [0.1, 0.15) is 0 Å². The quantitative estimate of drug-likeness (QED) is 0.540. The smallest absolute Gasteiger partial charge is 0.0692 e. The third-order valence-corrected chi connectivity index (χ3v) is 0.775. The van der Waals surface area contributed by atoms with Crippen molar-refractivity contribution in [2.24, 2.45) is 5.92 Å². The van der Waals surface area contributed by atoms with Gasteiger partial charge in [-0.1, -0.05) is 26.0 Å². The first-order chi connectivity index (χ1) is 3.63. The van der Waals surface area contributed by atoms with Crippen LogP contribution in [0.15, 0.2) is 12.2 Å². The molecule has 0 spiro atoms. The predicted molar refractivity (Wildman–Crippen MR) is 35.7 cm³/mol. The lowest BCUT2D eigenvalue weighted by Crippen LogP contribution is -1.92. The van der Waals surface area contributed by atoms with Crippen molar-refractivity contribution in [2.75, 3.05) is 0 Å². The minimum atomic E-state index is -0.294. The number of hydrogen-bond acceptors (Lipinski definition) is 1. The number of aliphatic hydroxyl groups is 1. The fourth-order valence-electron chi connectivity index (χ4n) is 0.383. The van der Waals surface area contributed by atoms with E-state index < -0.39 is 0 Å². The van der Waals surface area contributed by atoms with Gasteiger partial charge in [0.2, 0.25) is 0 Å². The van der Waals surface area contributed by atoms with Crippen LogP contribution in [0.3, 0.4) is 0 Å². The molecule has 48 valence electrons. The summed E-state index contributed by atoms with van der Waals surface area (Å²) in [5.74, 6) is 0.546. The standard InChI is InChI=1S/C7H14O/c1-6(2)4-5-7(3)8/h4-8H,1-3H3/b5-4-/t7-/m1/s1. The molecule has 1 heteroatoms. The molecule has 0 saturated carbocycles. The highest BCUT2D eigenvalue weighted by atomic mass is 16.3. The Morgan fingerprint density at radius 3 is 1.75 bits per heavy atom. The van der Waals surface area contributed by atoms with Crippen LogP contribution in [0.5, 0.6) is 0 Å². The fourth-order valence-corrected chi connectivity index (χ4v) is 0.383. The van der Waals surface area contributed by atoms with E-state index in [1.54, 1.807) is 13.0 Å². The molecule has 0 aliphatic heterocycles. The van der Waals surface area contributed by atoms with Gasteiger partial charge in [-0.15, -0.1) is 0 Å². The average Bonchev–Trinajstić information content (AvgIpc) is 1.61. The van der Waals surface area contributed by atoms with Crippen LogP contribution in [0, 0.1) is 5.92 Å². The summed E-state index contributed by atoms with van der Waals surface area (Å²) in [5, 5.41) is 8.71. The second-order valence-corrected chi connectivity index (χ2v) is 2.37. The lowest BCUT2D eigenvalue weighted by Gasteiger charge is -1.95. The van der Waals surface area contributed by atoms with Crippen molar-refractivity contribution in [1.82, 2.24) is 0 Å². The van der Waals surface area contributed by atoms with E-state index in [0.29, 0.717) is 5.92 Å². The van der Waals surface area contributed by atoms with E-state index in [9.17, 15) is 0 Å². The molecule has 0 bridgehead atoms. The van der Waals surface area contributed by atoms with E-state index in [2.05, 4.69) is 13.8 Å². The molecule has 8 heavy (non-hydrogen) atoms. The second-order valence-electron chi connectivity index (χ2n) is 2.37. The van der Waals surface area contributed by atoms with Crippen molar-refractivity contribution >= 4 is 0 Å². The molecule has 0 fully saturated rings. The van der Waals surface area contributed by atoms with E-state index in [4.69, 9.17) is 5.11 Å². The Bertz CT molecular complexity index is 62.5. The van der Waals surface area contributed by atoms with Crippen molar-refractivity contribution in [3.63, 3.8) is 0 Å². The number of aliphatic hydroxyl groups excluding tert-OH is 1. The summed E-state index contributed by atoms with van der Waals surface area (Å²) in [5.41, 5.74) is 0. The van der Waals surface area contributed by atoms with Crippen molar-refractivity contribution in [3.8, 4) is 0 Å². The first-order valence-electron chi connectivity index (χ1n) is 2.99. The van der Waals surface area contributed by atoms with E-state index in [1.807, 2.05) is 6.08 Å². The van der Waals surface area contributed by atoms with Gasteiger partial charge in [-0.2, -0.15) is 0 Å². The molecular weight excluding hydrogens is 100 g/mol. The second kappa shape index (κ2) is 3.67. The summed E-state index contributed by atoms with van der Waals surface area (Å²) >= 11 is 0. The Labute approximate surface area is 51.0 Å². The topological polar surface area (TPSA) is 20.2 Å². The Morgan fingerprint density at radius 2 is 1.62 bits per heavy atom. The van der Waals surface area contributed by atoms with Gasteiger partial charge in [0, 0.05) is 0 Å². The van der Waals surface area contributed by atoms with Gasteiger partial charge in [0.05, 0.1) is 6.10 Å². The van der Waals surface area contributed by atoms with Crippen LogP contribution in [0.1, 0.15) is 20.8 Å². The van der Waals surface area contributed by atoms with Crippen LogP contribution >= 0.6 is 0 Å². The molecule has 1 N–H and O–H groups in total. The minimum Gasteiger partial charge on any atom is -0.389 e. The predicted octanol–water partition coefficient (Wildman–Crippen LogP) is 1.58. The van der Waals surface area contributed by atoms with Crippen LogP contribution in [-0.2, 0) is 0 Å². The van der Waals surface area contributed by atoms with E-state index in [-0.39, 0.29) is 6.10 Å². The van der Waals surface area contributed by atoms with Crippen LogP contribution in [-0.4, -0.2) is 11.2 Å². The minimum absolute atomic E-state index is 0.294. The lowest BCUT2D eigenvalue weighted by molar-refractivity contribution is 0.243. The Balaban J connectivity index is 3.34. The monoisotopic (exact) mass is 114 g/mol. The molecule has 0 heterocycles. The molecule has 0 radical (unpaired) electrons. The van der Waals surface area contributed by atoms with E-state index in [0.717, 1.165) is 0 Å². The molecule has 0 unspecified atom stereocenters. The Hall–Kier alpha value is -0.300. The van der Waals surface area contributed by atoms with Gasteiger partial charge in [0.15, 0.2) is 0 Å². The molecule has 0 aliphatic rings. The van der Waals surface area contributed by atoms with Gasteiger partial charge >= 0.3 is 0 Å². The van der Waals surface area contributed by atoms with Gasteiger partial charge in [-0.05, 0) is 12.8 Å². The highest BCUT2D eigenvalue weighted by Gasteiger charge is 1.86. The number of rotatable bonds is 2. The number of allylic oxidation sites excluding steroid dienone is 1. The first-order valence-corrected chi connectivity index (χ1v) is 2.99. The Kier molecular flexibility index (Phi) is 3.53. The first kappa shape index (κ1) is 7.70. The zero-order chi connectivity index (χ0) is 6.57. The molecule has 0 amide bonds. The third kappa shape index (κ3) is 5.70. The lowest BCUT2D eigenvalue weighted by atomic mass is 10.2. The maximum absolute atomic E-state index is 8.71. The van der Waals surface area contributed by atoms with Crippen LogP contribution in [0.25, 0.3) is 0 Å². The molecule has 1 nitrogen and oxygen atoms in total. The van der Waals surface area contributed by atoms with Gasteiger partial charge in [-0.3, -0.25) is 0 Å². The molecule has 0 saturated heterocycles. The van der Waals surface area contributed by atoms with Gasteiger partial charge in [0.25, 0.3) is 0 Å². The third-order valence-electron chi connectivity index (χ3n) is 0.775. The Morgan fingerprint density at radius 1 is 1.12 bits per heavy atom. The van der Waals surface area contributed by atoms with E-state index >= 15 is 0 Å².